The number of aromatic hydroxyl groups is 1. The summed E-state index contributed by atoms with van der Waals surface area (Å²) in [5.74, 6) is -0.542. The third-order valence-corrected chi connectivity index (χ3v) is 2.64. The molecule has 0 radical (unpaired) electrons. The van der Waals surface area contributed by atoms with E-state index in [-0.39, 0.29) is 17.0 Å². The van der Waals surface area contributed by atoms with E-state index in [0.717, 1.165) is 0 Å². The number of nitrogens with zero attached hydrogens (tertiary/aromatic N) is 1. The van der Waals surface area contributed by atoms with Gasteiger partial charge in [-0.05, 0) is 24.3 Å². The Morgan fingerprint density at radius 1 is 1.39 bits per heavy atom. The zero-order valence-corrected chi connectivity index (χ0v) is 9.98. The van der Waals surface area contributed by atoms with Gasteiger partial charge in [0, 0.05) is 11.8 Å². The molecule has 0 atom stereocenters. The summed E-state index contributed by atoms with van der Waals surface area (Å²) in [6.07, 6.45) is 2.96. The average molecular weight is 264 g/mol. The third-order valence-electron chi connectivity index (χ3n) is 2.31. The van der Waals surface area contributed by atoms with Gasteiger partial charge in [0.15, 0.2) is 0 Å². The van der Waals surface area contributed by atoms with Crippen LogP contribution in [0.2, 0.25) is 5.02 Å². The van der Waals surface area contributed by atoms with Gasteiger partial charge in [-0.1, -0.05) is 11.6 Å². The highest BCUT2D eigenvalue weighted by Gasteiger charge is 2.10. The fourth-order valence-corrected chi connectivity index (χ4v) is 1.50. The number of hydrogen-bond donors (Lipinski definition) is 3. The fraction of sp³-hybridized carbons (Fsp3) is 0. The first-order valence-electron chi connectivity index (χ1n) is 5.07. The van der Waals surface area contributed by atoms with Crippen LogP contribution >= 0.6 is 11.6 Å². The van der Waals surface area contributed by atoms with Crippen molar-refractivity contribution >= 4 is 28.9 Å². The van der Waals surface area contributed by atoms with Crippen molar-refractivity contribution in [2.75, 3.05) is 11.1 Å². The lowest BCUT2D eigenvalue weighted by atomic mass is 10.2. The van der Waals surface area contributed by atoms with E-state index in [1.54, 1.807) is 6.07 Å². The van der Waals surface area contributed by atoms with Gasteiger partial charge in [0.05, 0.1) is 22.6 Å². The number of rotatable bonds is 2. The molecule has 0 aliphatic rings. The van der Waals surface area contributed by atoms with E-state index in [4.69, 9.17) is 17.3 Å². The highest BCUT2D eigenvalue weighted by atomic mass is 35.5. The zero-order valence-electron chi connectivity index (χ0n) is 9.22. The molecule has 4 N–H and O–H groups in total. The summed E-state index contributed by atoms with van der Waals surface area (Å²) >= 11 is 5.89. The molecule has 2 rings (SSSR count). The van der Waals surface area contributed by atoms with Crippen molar-refractivity contribution in [3.8, 4) is 5.75 Å². The van der Waals surface area contributed by atoms with Gasteiger partial charge < -0.3 is 16.2 Å². The molecule has 18 heavy (non-hydrogen) atoms. The number of hydrogen-bond acceptors (Lipinski definition) is 4. The summed E-state index contributed by atoms with van der Waals surface area (Å²) in [7, 11) is 0. The number of halogens is 1. The molecule has 2 aromatic rings. The Kier molecular flexibility index (Phi) is 3.34. The predicted octanol–water partition coefficient (Wildman–Crippen LogP) is 2.28. The quantitative estimate of drug-likeness (QED) is 0.573. The highest BCUT2D eigenvalue weighted by molar-refractivity contribution is 6.33. The Morgan fingerprint density at radius 2 is 2.17 bits per heavy atom. The lowest BCUT2D eigenvalue weighted by Crippen LogP contribution is -2.12. The van der Waals surface area contributed by atoms with Gasteiger partial charge >= 0.3 is 0 Å². The summed E-state index contributed by atoms with van der Waals surface area (Å²) in [6, 6.07) is 5.82. The monoisotopic (exact) mass is 263 g/mol. The molecule has 1 aromatic heterocycles. The number of phenols is 1. The molecule has 1 heterocycles. The summed E-state index contributed by atoms with van der Waals surface area (Å²) < 4.78 is 0. The van der Waals surface area contributed by atoms with Crippen LogP contribution in [0.4, 0.5) is 11.4 Å². The molecule has 0 fully saturated rings. The standard InChI is InChI=1S/C12H10ClN3O2/c13-8-3-4-15-6-10(8)16-12(18)7-1-2-9(14)11(17)5-7/h1-6,17H,14H2,(H,16,18). The molecule has 6 heteroatoms. The number of anilines is 2. The second kappa shape index (κ2) is 4.93. The summed E-state index contributed by atoms with van der Waals surface area (Å²) in [4.78, 5) is 15.7. The van der Waals surface area contributed by atoms with Gasteiger partial charge in [0.1, 0.15) is 5.75 Å². The Bertz CT molecular complexity index is 602. The topological polar surface area (TPSA) is 88.2 Å². The minimum atomic E-state index is -0.403. The van der Waals surface area contributed by atoms with Gasteiger partial charge in [-0.25, -0.2) is 0 Å². The number of carbonyl (C=O) groups excluding carboxylic acids is 1. The van der Waals surface area contributed by atoms with Gasteiger partial charge in [0.25, 0.3) is 5.91 Å². The molecular formula is C12H10ClN3O2. The van der Waals surface area contributed by atoms with E-state index in [9.17, 15) is 9.90 Å². The van der Waals surface area contributed by atoms with Crippen LogP contribution in [0.25, 0.3) is 0 Å². The van der Waals surface area contributed by atoms with Crippen molar-refractivity contribution in [3.63, 3.8) is 0 Å². The Labute approximate surface area is 108 Å². The first-order valence-corrected chi connectivity index (χ1v) is 5.45. The number of benzene rings is 1. The smallest absolute Gasteiger partial charge is 0.255 e. The molecule has 0 aliphatic heterocycles. The number of amides is 1. The SMILES string of the molecule is Nc1ccc(C(=O)Nc2cnccc2Cl)cc1O. The molecule has 0 saturated heterocycles. The second-order valence-electron chi connectivity index (χ2n) is 3.58. The summed E-state index contributed by atoms with van der Waals surface area (Å²) in [5, 5.41) is 12.4. The van der Waals surface area contributed by atoms with Crippen molar-refractivity contribution in [2.24, 2.45) is 0 Å². The van der Waals surface area contributed by atoms with E-state index in [1.165, 1.54) is 30.6 Å². The number of nitrogen functional groups attached to an aromatic ring is 1. The first kappa shape index (κ1) is 12.2. The first-order chi connectivity index (χ1) is 8.58. The molecule has 0 bridgehead atoms. The van der Waals surface area contributed by atoms with Crippen LogP contribution < -0.4 is 11.1 Å². The summed E-state index contributed by atoms with van der Waals surface area (Å²) in [5.41, 5.74) is 6.35. The molecule has 0 spiro atoms. The van der Waals surface area contributed by atoms with E-state index in [1.807, 2.05) is 0 Å². The second-order valence-corrected chi connectivity index (χ2v) is 3.99. The number of nitrogens with two attached hydrogens (primary N) is 1. The molecule has 1 aromatic carbocycles. The summed E-state index contributed by atoms with van der Waals surface area (Å²) in [6.45, 7) is 0. The van der Waals surface area contributed by atoms with E-state index in [2.05, 4.69) is 10.3 Å². The van der Waals surface area contributed by atoms with Crippen LogP contribution in [-0.4, -0.2) is 16.0 Å². The van der Waals surface area contributed by atoms with Crippen molar-refractivity contribution in [3.05, 3.63) is 47.2 Å². The van der Waals surface area contributed by atoms with Gasteiger partial charge in [-0.2, -0.15) is 0 Å². The van der Waals surface area contributed by atoms with Gasteiger partial charge in [-0.3, -0.25) is 9.78 Å². The molecule has 0 saturated carbocycles. The van der Waals surface area contributed by atoms with Gasteiger partial charge in [0.2, 0.25) is 0 Å². The van der Waals surface area contributed by atoms with Crippen LogP contribution in [0.1, 0.15) is 10.4 Å². The Hall–Kier alpha value is -2.27. The maximum atomic E-state index is 11.9. The van der Waals surface area contributed by atoms with Crippen LogP contribution in [0.15, 0.2) is 36.7 Å². The van der Waals surface area contributed by atoms with Crippen molar-refractivity contribution < 1.29 is 9.90 Å². The zero-order chi connectivity index (χ0) is 13.1. The normalized spacial score (nSPS) is 10.1. The van der Waals surface area contributed by atoms with Gasteiger partial charge in [-0.15, -0.1) is 0 Å². The third kappa shape index (κ3) is 2.52. The molecule has 5 nitrogen and oxygen atoms in total. The Morgan fingerprint density at radius 3 is 2.83 bits per heavy atom. The lowest BCUT2D eigenvalue weighted by Gasteiger charge is -2.07. The van der Waals surface area contributed by atoms with Crippen LogP contribution in [0.5, 0.6) is 5.75 Å². The molecule has 92 valence electrons. The van der Waals surface area contributed by atoms with E-state index in [0.29, 0.717) is 10.7 Å². The number of aromatic nitrogens is 1. The van der Waals surface area contributed by atoms with Crippen molar-refractivity contribution in [2.45, 2.75) is 0 Å². The molecule has 0 unspecified atom stereocenters. The molecule has 0 aliphatic carbocycles. The molecular weight excluding hydrogens is 254 g/mol. The lowest BCUT2D eigenvalue weighted by molar-refractivity contribution is 0.102. The van der Waals surface area contributed by atoms with Crippen LogP contribution in [0.3, 0.4) is 0 Å². The van der Waals surface area contributed by atoms with E-state index < -0.39 is 5.91 Å². The van der Waals surface area contributed by atoms with Crippen LogP contribution in [-0.2, 0) is 0 Å². The number of phenolic OH excluding ortho intramolecular Hbond substituents is 1. The minimum Gasteiger partial charge on any atom is -0.506 e. The Balaban J connectivity index is 2.22. The molecule has 1 amide bonds. The fourth-order valence-electron chi connectivity index (χ4n) is 1.35. The maximum Gasteiger partial charge on any atom is 0.255 e. The average Bonchev–Trinajstić information content (AvgIpc) is 2.35. The van der Waals surface area contributed by atoms with Crippen molar-refractivity contribution in [1.82, 2.24) is 4.98 Å². The number of carbonyl (C=O) groups is 1. The van der Waals surface area contributed by atoms with Crippen molar-refractivity contribution in [1.29, 1.82) is 0 Å². The van der Waals surface area contributed by atoms with E-state index >= 15 is 0 Å². The largest absolute Gasteiger partial charge is 0.506 e. The number of nitrogens with one attached hydrogen (secondary N) is 1. The minimum absolute atomic E-state index is 0.139. The predicted molar refractivity (Wildman–Crippen MR) is 69.7 cm³/mol. The highest BCUT2D eigenvalue weighted by Crippen LogP contribution is 2.23. The van der Waals surface area contributed by atoms with Crippen LogP contribution in [0, 0.1) is 0 Å². The maximum absolute atomic E-state index is 11.9. The number of pyridine rings is 1.